The molecule has 1 unspecified atom stereocenters. The first kappa shape index (κ1) is 28.2. The van der Waals surface area contributed by atoms with Gasteiger partial charge < -0.3 is 9.80 Å². The molecule has 0 radical (unpaired) electrons. The molecule has 2 amide bonds. The summed E-state index contributed by atoms with van der Waals surface area (Å²) in [5.41, 5.74) is 3.92. The lowest BCUT2D eigenvalue weighted by Gasteiger charge is -2.45. The standard InChI is InChI=1S/C33H38F3N3O/c1-22-16-27(18-28(17-22)33(34,35)36)24(3)37(4)32(40)39-15-14-26-20-38(19-25-11-6-5-7-12-25)21-30(26)31(39)29-13-9-8-10-23(29)2/h5-13,16-18,24,26,30-31H,14-15,19-21H2,1-4H3/t24-,26-,30?,31+/m1/s1. The first-order valence-electron chi connectivity index (χ1n) is 14.1. The monoisotopic (exact) mass is 549 g/mol. The Hall–Kier alpha value is -3.32. The Morgan fingerprint density at radius 2 is 1.70 bits per heavy atom. The van der Waals surface area contributed by atoms with E-state index in [-0.39, 0.29) is 18.0 Å². The summed E-state index contributed by atoms with van der Waals surface area (Å²) < 4.78 is 40.6. The molecule has 2 aliphatic heterocycles. The number of benzene rings is 3. The SMILES string of the molecule is Cc1cc([C@@H](C)N(C)C(=O)N2CC[C@@H]3CN(Cc4ccccc4)CC3[C@@H]2c2ccccc2C)cc(C(F)(F)F)c1. The van der Waals surface area contributed by atoms with Crippen molar-refractivity contribution >= 4 is 6.03 Å². The second-order valence-corrected chi connectivity index (χ2v) is 11.6. The maximum Gasteiger partial charge on any atom is 0.416 e. The molecular formula is C33H38F3N3O. The van der Waals surface area contributed by atoms with Gasteiger partial charge in [0, 0.05) is 39.1 Å². The van der Waals surface area contributed by atoms with Gasteiger partial charge >= 0.3 is 12.2 Å². The number of carbonyl (C=O) groups is 1. The van der Waals surface area contributed by atoms with Crippen molar-refractivity contribution in [1.82, 2.24) is 14.7 Å². The van der Waals surface area contributed by atoms with Crippen molar-refractivity contribution in [3.63, 3.8) is 0 Å². The van der Waals surface area contributed by atoms with Crippen LogP contribution in [0.1, 0.15) is 58.8 Å². The quantitative estimate of drug-likeness (QED) is 0.327. The van der Waals surface area contributed by atoms with Crippen molar-refractivity contribution in [1.29, 1.82) is 0 Å². The average molecular weight is 550 g/mol. The van der Waals surface area contributed by atoms with Crippen molar-refractivity contribution in [2.45, 2.75) is 52.0 Å². The van der Waals surface area contributed by atoms with Crippen molar-refractivity contribution in [2.75, 3.05) is 26.7 Å². The van der Waals surface area contributed by atoms with Gasteiger partial charge in [0.25, 0.3) is 0 Å². The summed E-state index contributed by atoms with van der Waals surface area (Å²) in [7, 11) is 1.71. The minimum absolute atomic E-state index is 0.0916. The molecule has 3 aromatic carbocycles. The molecule has 7 heteroatoms. The summed E-state index contributed by atoms with van der Waals surface area (Å²) in [6, 6.07) is 22.1. The maximum atomic E-state index is 14.2. The minimum atomic E-state index is -4.44. The lowest BCUT2D eigenvalue weighted by molar-refractivity contribution is -0.137. The van der Waals surface area contributed by atoms with Crippen molar-refractivity contribution in [3.8, 4) is 0 Å². The number of rotatable bonds is 5. The third-order valence-corrected chi connectivity index (χ3v) is 8.84. The van der Waals surface area contributed by atoms with E-state index in [4.69, 9.17) is 0 Å². The van der Waals surface area contributed by atoms with E-state index in [0.29, 0.717) is 23.6 Å². The fourth-order valence-electron chi connectivity index (χ4n) is 6.64. The lowest BCUT2D eigenvalue weighted by atomic mass is 9.78. The number of carbonyl (C=O) groups excluding carboxylic acids is 1. The lowest BCUT2D eigenvalue weighted by Crippen LogP contribution is -2.51. The summed E-state index contributed by atoms with van der Waals surface area (Å²) in [5.74, 6) is 0.758. The summed E-state index contributed by atoms with van der Waals surface area (Å²) in [4.78, 5) is 20.2. The Kier molecular flexibility index (Phi) is 7.96. The van der Waals surface area contributed by atoms with Crippen LogP contribution in [0.2, 0.25) is 0 Å². The van der Waals surface area contributed by atoms with Crippen LogP contribution in [0.5, 0.6) is 0 Å². The molecule has 2 saturated heterocycles. The molecule has 0 aliphatic carbocycles. The Morgan fingerprint density at radius 3 is 2.40 bits per heavy atom. The van der Waals surface area contributed by atoms with Gasteiger partial charge in [0.2, 0.25) is 0 Å². The number of halogens is 3. The van der Waals surface area contributed by atoms with Crippen LogP contribution in [0.25, 0.3) is 0 Å². The van der Waals surface area contributed by atoms with E-state index in [1.807, 2.05) is 23.1 Å². The van der Waals surface area contributed by atoms with Crippen LogP contribution in [0.4, 0.5) is 18.0 Å². The van der Waals surface area contributed by atoms with Crippen LogP contribution in [0.15, 0.2) is 72.8 Å². The van der Waals surface area contributed by atoms with Crippen LogP contribution in [0.3, 0.4) is 0 Å². The summed E-state index contributed by atoms with van der Waals surface area (Å²) >= 11 is 0. The molecular weight excluding hydrogens is 511 g/mol. The smallest absolute Gasteiger partial charge is 0.321 e. The number of urea groups is 1. The molecule has 3 aromatic rings. The van der Waals surface area contributed by atoms with Crippen LogP contribution in [0, 0.1) is 25.7 Å². The normalized spacial score (nSPS) is 22.2. The van der Waals surface area contributed by atoms with Gasteiger partial charge in [0.1, 0.15) is 0 Å². The number of likely N-dealkylation sites (tertiary alicyclic amines) is 2. The highest BCUT2D eigenvalue weighted by atomic mass is 19.4. The first-order chi connectivity index (χ1) is 19.0. The van der Waals surface area contributed by atoms with E-state index in [1.54, 1.807) is 31.9 Å². The average Bonchev–Trinajstić information content (AvgIpc) is 3.34. The van der Waals surface area contributed by atoms with Gasteiger partial charge in [-0.3, -0.25) is 4.90 Å². The predicted octanol–water partition coefficient (Wildman–Crippen LogP) is 7.63. The van der Waals surface area contributed by atoms with Gasteiger partial charge in [-0.05, 0) is 67.5 Å². The zero-order valence-corrected chi connectivity index (χ0v) is 23.7. The van der Waals surface area contributed by atoms with Gasteiger partial charge in [-0.15, -0.1) is 0 Å². The summed E-state index contributed by atoms with van der Waals surface area (Å²) in [6.07, 6.45) is -3.52. The number of amides is 2. The number of hydrogen-bond acceptors (Lipinski definition) is 2. The molecule has 2 heterocycles. The number of fused-ring (bicyclic) bond motifs is 1. The van der Waals surface area contributed by atoms with Crippen LogP contribution < -0.4 is 0 Å². The third-order valence-electron chi connectivity index (χ3n) is 8.84. The third kappa shape index (κ3) is 5.75. The van der Waals surface area contributed by atoms with Gasteiger partial charge in [0.05, 0.1) is 17.6 Å². The maximum absolute atomic E-state index is 14.2. The fourth-order valence-corrected chi connectivity index (χ4v) is 6.64. The van der Waals surface area contributed by atoms with Crippen LogP contribution in [-0.2, 0) is 12.7 Å². The Bertz CT molecular complexity index is 1340. The van der Waals surface area contributed by atoms with Crippen molar-refractivity contribution in [3.05, 3.63) is 106 Å². The molecule has 0 N–H and O–H groups in total. The van der Waals surface area contributed by atoms with E-state index in [0.717, 1.165) is 43.2 Å². The Balaban J connectivity index is 1.42. The number of nitrogens with zero attached hydrogens (tertiary/aromatic N) is 3. The fraction of sp³-hybridized carbons (Fsp3) is 0.424. The molecule has 4 nitrogen and oxygen atoms in total. The van der Waals surface area contributed by atoms with Gasteiger partial charge in [-0.1, -0.05) is 66.2 Å². The predicted molar refractivity (Wildman–Crippen MR) is 152 cm³/mol. The van der Waals surface area contributed by atoms with Crippen molar-refractivity contribution < 1.29 is 18.0 Å². The molecule has 5 rings (SSSR count). The second kappa shape index (κ2) is 11.3. The highest BCUT2D eigenvalue weighted by Gasteiger charge is 2.47. The largest absolute Gasteiger partial charge is 0.416 e. The number of hydrogen-bond donors (Lipinski definition) is 0. The highest BCUT2D eigenvalue weighted by molar-refractivity contribution is 5.75. The van der Waals surface area contributed by atoms with E-state index < -0.39 is 17.8 Å². The van der Waals surface area contributed by atoms with E-state index >= 15 is 0 Å². The molecule has 2 fully saturated rings. The summed E-state index contributed by atoms with van der Waals surface area (Å²) in [5, 5.41) is 0. The summed E-state index contributed by atoms with van der Waals surface area (Å²) in [6.45, 7) is 8.96. The first-order valence-corrected chi connectivity index (χ1v) is 14.1. The molecule has 2 aliphatic rings. The second-order valence-electron chi connectivity index (χ2n) is 11.6. The zero-order chi connectivity index (χ0) is 28.6. The van der Waals surface area contributed by atoms with Crippen LogP contribution in [-0.4, -0.2) is 47.4 Å². The zero-order valence-electron chi connectivity index (χ0n) is 23.7. The molecule has 40 heavy (non-hydrogen) atoms. The van der Waals surface area contributed by atoms with Gasteiger partial charge in [-0.2, -0.15) is 13.2 Å². The molecule has 212 valence electrons. The molecule has 0 aromatic heterocycles. The van der Waals surface area contributed by atoms with E-state index in [9.17, 15) is 18.0 Å². The van der Waals surface area contributed by atoms with Crippen LogP contribution >= 0.6 is 0 Å². The topological polar surface area (TPSA) is 26.8 Å². The van der Waals surface area contributed by atoms with Gasteiger partial charge in [-0.25, -0.2) is 4.79 Å². The Labute approximate surface area is 235 Å². The van der Waals surface area contributed by atoms with E-state index in [2.05, 4.69) is 48.2 Å². The molecule has 0 bridgehead atoms. The molecule has 4 atom stereocenters. The van der Waals surface area contributed by atoms with Gasteiger partial charge in [0.15, 0.2) is 0 Å². The number of aryl methyl sites for hydroxylation is 2. The Morgan fingerprint density at radius 1 is 1.00 bits per heavy atom. The number of alkyl halides is 3. The minimum Gasteiger partial charge on any atom is -0.321 e. The number of piperidine rings is 1. The van der Waals surface area contributed by atoms with E-state index in [1.165, 1.54) is 11.6 Å². The molecule has 0 saturated carbocycles. The van der Waals surface area contributed by atoms with Crippen molar-refractivity contribution in [2.24, 2.45) is 11.8 Å². The molecule has 0 spiro atoms. The highest BCUT2D eigenvalue weighted by Crippen LogP contribution is 2.45.